The van der Waals surface area contributed by atoms with Crippen molar-refractivity contribution in [1.29, 1.82) is 0 Å². The lowest BCUT2D eigenvalue weighted by Gasteiger charge is -2.22. The second-order valence-corrected chi connectivity index (χ2v) is 19.6. The van der Waals surface area contributed by atoms with E-state index in [0.29, 0.717) is 25.9 Å². The fourth-order valence-corrected chi connectivity index (χ4v) is 8.85. The number of carbonyl (C=O) groups is 2. The molecule has 2 atom stereocenters. The van der Waals surface area contributed by atoms with Crippen LogP contribution in [0, 0.1) is 0 Å². The van der Waals surface area contributed by atoms with Gasteiger partial charge in [0.15, 0.2) is 0 Å². The van der Waals surface area contributed by atoms with E-state index in [-0.39, 0.29) is 18.5 Å². The predicted molar refractivity (Wildman–Crippen MR) is 278 cm³/mol. The molecule has 64 heavy (non-hydrogen) atoms. The van der Waals surface area contributed by atoms with Gasteiger partial charge in [0.1, 0.15) is 0 Å². The third-order valence-corrected chi connectivity index (χ3v) is 13.3. The number of aliphatic hydroxyl groups excluding tert-OH is 2. The summed E-state index contributed by atoms with van der Waals surface area (Å²) in [5, 5.41) is 23.2. The van der Waals surface area contributed by atoms with Crippen molar-refractivity contribution in [3.05, 3.63) is 24.3 Å². The van der Waals surface area contributed by atoms with Gasteiger partial charge in [0.2, 0.25) is 5.91 Å². The molecule has 6 nitrogen and oxygen atoms in total. The van der Waals surface area contributed by atoms with Crippen LogP contribution >= 0.6 is 0 Å². The molecule has 1 amide bonds. The molecule has 2 unspecified atom stereocenters. The van der Waals surface area contributed by atoms with Crippen molar-refractivity contribution in [3.63, 3.8) is 0 Å². The maximum Gasteiger partial charge on any atom is 0.305 e. The molecule has 0 aromatic heterocycles. The Labute approximate surface area is 399 Å². The monoisotopic (exact) mass is 902 g/mol. The van der Waals surface area contributed by atoms with Crippen LogP contribution in [-0.2, 0) is 14.3 Å². The summed E-state index contributed by atoms with van der Waals surface area (Å²) in [7, 11) is 0. The van der Waals surface area contributed by atoms with Crippen molar-refractivity contribution >= 4 is 11.9 Å². The summed E-state index contributed by atoms with van der Waals surface area (Å²) in [6.07, 6.45) is 64.5. The first kappa shape index (κ1) is 62.3. The van der Waals surface area contributed by atoms with E-state index in [0.717, 1.165) is 51.4 Å². The molecule has 3 N–H and O–H groups in total. The van der Waals surface area contributed by atoms with E-state index >= 15 is 0 Å². The van der Waals surface area contributed by atoms with Crippen LogP contribution in [0.15, 0.2) is 24.3 Å². The Morgan fingerprint density at radius 3 is 1.22 bits per heavy atom. The zero-order chi connectivity index (χ0) is 46.5. The van der Waals surface area contributed by atoms with Gasteiger partial charge in [-0.05, 0) is 57.8 Å². The summed E-state index contributed by atoms with van der Waals surface area (Å²) in [6.45, 7) is 4.92. The highest BCUT2D eigenvalue weighted by atomic mass is 16.5. The van der Waals surface area contributed by atoms with Crippen LogP contribution in [-0.4, -0.2) is 47.4 Å². The van der Waals surface area contributed by atoms with Crippen molar-refractivity contribution < 1.29 is 24.5 Å². The van der Waals surface area contributed by atoms with Gasteiger partial charge in [0.05, 0.1) is 25.4 Å². The lowest BCUT2D eigenvalue weighted by Crippen LogP contribution is -2.45. The molecular weight excluding hydrogens is 791 g/mol. The summed E-state index contributed by atoms with van der Waals surface area (Å²) in [5.74, 6) is -0.0404. The standard InChI is InChI=1S/C58H111NO5/c1-3-5-7-9-11-13-15-17-24-28-32-36-40-44-48-52-58(63)64-53-49-45-41-37-33-29-26-23-21-19-18-20-22-25-27-31-35-39-43-47-51-57(62)59-55(54-60)56(61)50-46-42-38-34-30-16-14-12-10-8-6-4-2/h11,13,17,24,55-56,60-61H,3-10,12,14-16,18-23,25-54H2,1-2H3,(H,59,62)/b13-11-,24-17-. The van der Waals surface area contributed by atoms with Crippen molar-refractivity contribution in [3.8, 4) is 0 Å². The third kappa shape index (κ3) is 49.8. The second kappa shape index (κ2) is 54.0. The van der Waals surface area contributed by atoms with Crippen LogP contribution < -0.4 is 5.32 Å². The fraction of sp³-hybridized carbons (Fsp3) is 0.897. The molecule has 0 radical (unpaired) electrons. The minimum atomic E-state index is -0.664. The van der Waals surface area contributed by atoms with E-state index in [2.05, 4.69) is 43.5 Å². The number of unbranched alkanes of at least 4 members (excludes halogenated alkanes) is 38. The molecule has 0 spiro atoms. The van der Waals surface area contributed by atoms with E-state index in [1.807, 2.05) is 0 Å². The van der Waals surface area contributed by atoms with Gasteiger partial charge in [-0.1, -0.05) is 263 Å². The number of carbonyl (C=O) groups excluding carboxylic acids is 2. The Kier molecular flexibility index (Phi) is 52.6. The molecule has 6 heteroatoms. The number of hydrogen-bond acceptors (Lipinski definition) is 5. The molecule has 0 aliphatic heterocycles. The number of rotatable bonds is 53. The minimum Gasteiger partial charge on any atom is -0.466 e. The predicted octanol–water partition coefficient (Wildman–Crippen LogP) is 17.5. The van der Waals surface area contributed by atoms with Crippen LogP contribution in [0.4, 0.5) is 0 Å². The Morgan fingerprint density at radius 2 is 0.781 bits per heavy atom. The Morgan fingerprint density at radius 1 is 0.438 bits per heavy atom. The Hall–Kier alpha value is -1.66. The molecule has 0 bridgehead atoms. The molecule has 0 saturated carbocycles. The molecule has 0 saturated heterocycles. The second-order valence-electron chi connectivity index (χ2n) is 19.6. The highest BCUT2D eigenvalue weighted by Gasteiger charge is 2.20. The van der Waals surface area contributed by atoms with Gasteiger partial charge >= 0.3 is 5.97 Å². The molecule has 0 fully saturated rings. The van der Waals surface area contributed by atoms with E-state index in [9.17, 15) is 19.8 Å². The molecule has 0 rings (SSSR count). The largest absolute Gasteiger partial charge is 0.466 e. The van der Waals surface area contributed by atoms with Crippen molar-refractivity contribution in [2.24, 2.45) is 0 Å². The van der Waals surface area contributed by atoms with Crippen LogP contribution in [0.5, 0.6) is 0 Å². The molecule has 0 aromatic carbocycles. The summed E-state index contributed by atoms with van der Waals surface area (Å²) < 4.78 is 5.47. The first-order chi connectivity index (χ1) is 31.5. The third-order valence-electron chi connectivity index (χ3n) is 13.3. The number of esters is 1. The average molecular weight is 903 g/mol. The number of hydrogen-bond donors (Lipinski definition) is 3. The van der Waals surface area contributed by atoms with Gasteiger partial charge in [0.25, 0.3) is 0 Å². The van der Waals surface area contributed by atoms with E-state index in [1.165, 1.54) is 225 Å². The molecule has 0 aromatic rings. The SMILES string of the molecule is CCCCC/C=C\C/C=C\CCCCCCCC(=O)OCCCCCCCCCCCCCCCCCCCCCCC(=O)NC(CO)C(O)CCCCCCCCCCCCCC. The first-order valence-corrected chi connectivity index (χ1v) is 28.6. The van der Waals surface area contributed by atoms with Crippen molar-refractivity contribution in [2.75, 3.05) is 13.2 Å². The quantitative estimate of drug-likeness (QED) is 0.0321. The zero-order valence-corrected chi connectivity index (χ0v) is 43.0. The fourth-order valence-electron chi connectivity index (χ4n) is 8.85. The van der Waals surface area contributed by atoms with Crippen LogP contribution in [0.2, 0.25) is 0 Å². The molecule has 0 heterocycles. The van der Waals surface area contributed by atoms with Crippen molar-refractivity contribution in [1.82, 2.24) is 5.32 Å². The normalized spacial score (nSPS) is 12.8. The topological polar surface area (TPSA) is 95.9 Å². The Balaban J connectivity index is 3.38. The van der Waals surface area contributed by atoms with E-state index in [1.54, 1.807) is 0 Å². The lowest BCUT2D eigenvalue weighted by molar-refractivity contribution is -0.143. The highest BCUT2D eigenvalue weighted by molar-refractivity contribution is 5.76. The van der Waals surface area contributed by atoms with E-state index in [4.69, 9.17) is 4.74 Å². The van der Waals surface area contributed by atoms with E-state index < -0.39 is 12.1 Å². The maximum absolute atomic E-state index is 12.4. The van der Waals surface area contributed by atoms with Gasteiger partial charge in [-0.15, -0.1) is 0 Å². The number of ether oxygens (including phenoxy) is 1. The zero-order valence-electron chi connectivity index (χ0n) is 43.0. The highest BCUT2D eigenvalue weighted by Crippen LogP contribution is 2.17. The summed E-state index contributed by atoms with van der Waals surface area (Å²) >= 11 is 0. The van der Waals surface area contributed by atoms with Gasteiger partial charge in [-0.25, -0.2) is 0 Å². The van der Waals surface area contributed by atoms with Gasteiger partial charge in [-0.3, -0.25) is 9.59 Å². The van der Waals surface area contributed by atoms with Crippen LogP contribution in [0.3, 0.4) is 0 Å². The number of allylic oxidation sites excluding steroid dienone is 4. The smallest absolute Gasteiger partial charge is 0.305 e. The molecule has 378 valence electrons. The van der Waals surface area contributed by atoms with Crippen molar-refractivity contribution in [2.45, 2.75) is 321 Å². The molecule has 0 aliphatic rings. The van der Waals surface area contributed by atoms with Gasteiger partial charge in [-0.2, -0.15) is 0 Å². The van der Waals surface area contributed by atoms with Gasteiger partial charge < -0.3 is 20.3 Å². The van der Waals surface area contributed by atoms with Gasteiger partial charge in [0, 0.05) is 12.8 Å². The molecule has 0 aliphatic carbocycles. The van der Waals surface area contributed by atoms with Crippen LogP contribution in [0.1, 0.15) is 309 Å². The molecular formula is C58H111NO5. The summed E-state index contributed by atoms with van der Waals surface area (Å²) in [4.78, 5) is 24.5. The summed E-state index contributed by atoms with van der Waals surface area (Å²) in [5.41, 5.74) is 0. The Bertz CT molecular complexity index is 997. The first-order valence-electron chi connectivity index (χ1n) is 28.6. The number of aliphatic hydroxyl groups is 2. The van der Waals surface area contributed by atoms with Crippen LogP contribution in [0.25, 0.3) is 0 Å². The maximum atomic E-state index is 12.4. The lowest BCUT2D eigenvalue weighted by atomic mass is 10.0. The summed E-state index contributed by atoms with van der Waals surface area (Å²) in [6, 6.07) is -0.542. The average Bonchev–Trinajstić information content (AvgIpc) is 3.29. The number of nitrogens with one attached hydrogen (secondary N) is 1. The number of amides is 1. The minimum absolute atomic E-state index is 0.00333.